The zero-order valence-corrected chi connectivity index (χ0v) is 7.62. The summed E-state index contributed by atoms with van der Waals surface area (Å²) in [6, 6.07) is 4.29. The Morgan fingerprint density at radius 3 is 2.92 bits per heavy atom. The van der Waals surface area contributed by atoms with Crippen molar-refractivity contribution in [3.63, 3.8) is 0 Å². The molecule has 0 aromatic carbocycles. The highest BCUT2D eigenvalue weighted by atomic mass is 16.3. The molecule has 0 radical (unpaired) electrons. The largest absolute Gasteiger partial charge is 0.469 e. The van der Waals surface area contributed by atoms with Crippen LogP contribution < -0.4 is 5.73 Å². The second-order valence-electron chi connectivity index (χ2n) is 3.30. The first-order valence-corrected chi connectivity index (χ1v) is 4.57. The van der Waals surface area contributed by atoms with Gasteiger partial charge in [-0.05, 0) is 31.9 Å². The van der Waals surface area contributed by atoms with Gasteiger partial charge >= 0.3 is 0 Å². The summed E-state index contributed by atoms with van der Waals surface area (Å²) in [5.74, 6) is 1.08. The molecule has 0 spiro atoms. The molecular weight excluding hydrogens is 150 g/mol. The van der Waals surface area contributed by atoms with Crippen LogP contribution in [0.5, 0.6) is 0 Å². The first-order chi connectivity index (χ1) is 5.79. The average molecular weight is 167 g/mol. The third kappa shape index (κ3) is 3.58. The Hall–Kier alpha value is -0.760. The van der Waals surface area contributed by atoms with Crippen molar-refractivity contribution >= 4 is 0 Å². The molecule has 68 valence electrons. The first kappa shape index (κ1) is 9.33. The maximum Gasteiger partial charge on any atom is 0.103 e. The van der Waals surface area contributed by atoms with E-state index >= 15 is 0 Å². The molecule has 0 bridgehead atoms. The molecule has 1 heterocycles. The van der Waals surface area contributed by atoms with Crippen molar-refractivity contribution in [1.82, 2.24) is 0 Å². The van der Waals surface area contributed by atoms with E-state index in [0.717, 1.165) is 18.6 Å². The van der Waals surface area contributed by atoms with Gasteiger partial charge in [0.15, 0.2) is 0 Å². The SMILES string of the molecule is C[C@H](N)CCCCc1ccco1. The zero-order valence-electron chi connectivity index (χ0n) is 7.62. The van der Waals surface area contributed by atoms with Crippen LogP contribution in [0.2, 0.25) is 0 Å². The molecule has 0 aliphatic rings. The molecule has 12 heavy (non-hydrogen) atoms. The number of nitrogens with two attached hydrogens (primary N) is 1. The Balaban J connectivity index is 2.04. The van der Waals surface area contributed by atoms with Crippen LogP contribution in [-0.4, -0.2) is 6.04 Å². The molecule has 0 aliphatic carbocycles. The van der Waals surface area contributed by atoms with E-state index in [0.29, 0.717) is 6.04 Å². The molecule has 2 N–H and O–H groups in total. The van der Waals surface area contributed by atoms with Crippen molar-refractivity contribution in [2.75, 3.05) is 0 Å². The van der Waals surface area contributed by atoms with Gasteiger partial charge in [0.2, 0.25) is 0 Å². The summed E-state index contributed by atoms with van der Waals surface area (Å²) < 4.78 is 5.21. The second-order valence-corrected chi connectivity index (χ2v) is 3.30. The lowest BCUT2D eigenvalue weighted by molar-refractivity contribution is 0.490. The van der Waals surface area contributed by atoms with Crippen LogP contribution in [0.3, 0.4) is 0 Å². The highest BCUT2D eigenvalue weighted by Crippen LogP contribution is 2.07. The standard InChI is InChI=1S/C10H17NO/c1-9(11)5-2-3-6-10-7-4-8-12-10/h4,7-9H,2-3,5-6,11H2,1H3/t9-/m0/s1. The van der Waals surface area contributed by atoms with Gasteiger partial charge in [0.05, 0.1) is 6.26 Å². The van der Waals surface area contributed by atoms with Crippen LogP contribution >= 0.6 is 0 Å². The molecule has 0 unspecified atom stereocenters. The van der Waals surface area contributed by atoms with E-state index in [9.17, 15) is 0 Å². The Labute approximate surface area is 73.8 Å². The minimum Gasteiger partial charge on any atom is -0.469 e. The molecule has 2 heteroatoms. The molecule has 1 atom stereocenters. The lowest BCUT2D eigenvalue weighted by atomic mass is 10.1. The fraction of sp³-hybridized carbons (Fsp3) is 0.600. The van der Waals surface area contributed by atoms with Gasteiger partial charge in [-0.25, -0.2) is 0 Å². The molecule has 2 nitrogen and oxygen atoms in total. The molecule has 0 saturated carbocycles. The predicted octanol–water partition coefficient (Wildman–Crippen LogP) is 2.34. The number of aryl methyl sites for hydroxylation is 1. The predicted molar refractivity (Wildman–Crippen MR) is 49.9 cm³/mol. The number of hydrogen-bond acceptors (Lipinski definition) is 2. The highest BCUT2D eigenvalue weighted by molar-refractivity contribution is 4.97. The Morgan fingerprint density at radius 1 is 1.50 bits per heavy atom. The summed E-state index contributed by atoms with van der Waals surface area (Å²) >= 11 is 0. The van der Waals surface area contributed by atoms with Crippen molar-refractivity contribution < 1.29 is 4.42 Å². The van der Waals surface area contributed by atoms with Crippen molar-refractivity contribution in [2.24, 2.45) is 5.73 Å². The van der Waals surface area contributed by atoms with Gasteiger partial charge in [0.1, 0.15) is 5.76 Å². The highest BCUT2D eigenvalue weighted by Gasteiger charge is 1.97. The zero-order chi connectivity index (χ0) is 8.81. The molecule has 0 fully saturated rings. The summed E-state index contributed by atoms with van der Waals surface area (Å²) in [6.45, 7) is 2.05. The van der Waals surface area contributed by atoms with Gasteiger partial charge in [0.25, 0.3) is 0 Å². The molecule has 1 rings (SSSR count). The lowest BCUT2D eigenvalue weighted by Crippen LogP contribution is -2.13. The number of hydrogen-bond donors (Lipinski definition) is 1. The van der Waals surface area contributed by atoms with Crippen LogP contribution in [-0.2, 0) is 6.42 Å². The summed E-state index contributed by atoms with van der Waals surface area (Å²) in [5.41, 5.74) is 5.63. The van der Waals surface area contributed by atoms with E-state index in [2.05, 4.69) is 0 Å². The maximum atomic E-state index is 5.63. The van der Waals surface area contributed by atoms with Crippen molar-refractivity contribution in [3.8, 4) is 0 Å². The third-order valence-electron chi connectivity index (χ3n) is 1.91. The molecule has 0 amide bonds. The quantitative estimate of drug-likeness (QED) is 0.684. The van der Waals surface area contributed by atoms with Crippen LogP contribution in [0.1, 0.15) is 31.9 Å². The monoisotopic (exact) mass is 167 g/mol. The number of rotatable bonds is 5. The first-order valence-electron chi connectivity index (χ1n) is 4.57. The van der Waals surface area contributed by atoms with Crippen LogP contribution in [0, 0.1) is 0 Å². The van der Waals surface area contributed by atoms with Crippen LogP contribution in [0.15, 0.2) is 22.8 Å². The van der Waals surface area contributed by atoms with Gasteiger partial charge in [0, 0.05) is 12.5 Å². The van der Waals surface area contributed by atoms with Gasteiger partial charge < -0.3 is 10.2 Å². The van der Waals surface area contributed by atoms with E-state index in [4.69, 9.17) is 10.2 Å². The summed E-state index contributed by atoms with van der Waals surface area (Å²) in [6.07, 6.45) is 6.24. The van der Waals surface area contributed by atoms with E-state index in [1.807, 2.05) is 19.1 Å². The summed E-state index contributed by atoms with van der Waals surface area (Å²) in [5, 5.41) is 0. The molecular formula is C10H17NO. The fourth-order valence-electron chi connectivity index (χ4n) is 1.22. The van der Waals surface area contributed by atoms with Crippen LogP contribution in [0.4, 0.5) is 0 Å². The Morgan fingerprint density at radius 2 is 2.33 bits per heavy atom. The van der Waals surface area contributed by atoms with Crippen LogP contribution in [0.25, 0.3) is 0 Å². The Bertz CT molecular complexity index is 192. The topological polar surface area (TPSA) is 39.2 Å². The minimum atomic E-state index is 0.335. The van der Waals surface area contributed by atoms with E-state index in [1.165, 1.54) is 12.8 Å². The summed E-state index contributed by atoms with van der Waals surface area (Å²) in [4.78, 5) is 0. The molecule has 0 saturated heterocycles. The van der Waals surface area contributed by atoms with Crippen molar-refractivity contribution in [3.05, 3.63) is 24.2 Å². The summed E-state index contributed by atoms with van der Waals surface area (Å²) in [7, 11) is 0. The minimum absolute atomic E-state index is 0.335. The normalized spacial score (nSPS) is 13.2. The van der Waals surface area contributed by atoms with Crippen molar-refractivity contribution in [2.45, 2.75) is 38.6 Å². The Kier molecular flexibility index (Phi) is 3.88. The molecule has 1 aromatic heterocycles. The molecule has 0 aliphatic heterocycles. The van der Waals surface area contributed by atoms with Crippen molar-refractivity contribution in [1.29, 1.82) is 0 Å². The second kappa shape index (κ2) is 4.99. The van der Waals surface area contributed by atoms with E-state index in [1.54, 1.807) is 6.26 Å². The average Bonchev–Trinajstić information content (AvgIpc) is 2.49. The van der Waals surface area contributed by atoms with Gasteiger partial charge in [-0.1, -0.05) is 6.42 Å². The number of furan rings is 1. The van der Waals surface area contributed by atoms with Gasteiger partial charge in [-0.2, -0.15) is 0 Å². The third-order valence-corrected chi connectivity index (χ3v) is 1.91. The van der Waals surface area contributed by atoms with E-state index in [-0.39, 0.29) is 0 Å². The number of unbranched alkanes of at least 4 members (excludes halogenated alkanes) is 1. The fourth-order valence-corrected chi connectivity index (χ4v) is 1.22. The van der Waals surface area contributed by atoms with Gasteiger partial charge in [-0.3, -0.25) is 0 Å². The van der Waals surface area contributed by atoms with E-state index < -0.39 is 0 Å². The van der Waals surface area contributed by atoms with Gasteiger partial charge in [-0.15, -0.1) is 0 Å². The maximum absolute atomic E-state index is 5.63. The smallest absolute Gasteiger partial charge is 0.103 e. The molecule has 1 aromatic rings. The lowest BCUT2D eigenvalue weighted by Gasteiger charge is -2.02.